The molecule has 2 aliphatic rings. The molecule has 0 radical (unpaired) electrons. The van der Waals surface area contributed by atoms with Gasteiger partial charge in [0.15, 0.2) is 5.82 Å². The maximum Gasteiger partial charge on any atom is 0.252 e. The summed E-state index contributed by atoms with van der Waals surface area (Å²) in [6.45, 7) is 3.28. The van der Waals surface area contributed by atoms with E-state index in [1.54, 1.807) is 14.0 Å². The quantitative estimate of drug-likeness (QED) is 0.824. The molecule has 1 saturated heterocycles. The number of aromatic nitrogens is 2. The van der Waals surface area contributed by atoms with Gasteiger partial charge in [0.1, 0.15) is 12.4 Å². The van der Waals surface area contributed by atoms with Crippen molar-refractivity contribution in [3.63, 3.8) is 0 Å². The molecular weight excluding hydrogens is 322 g/mol. The van der Waals surface area contributed by atoms with Crippen molar-refractivity contribution in [2.24, 2.45) is 0 Å². The molecule has 4 rings (SSSR count). The van der Waals surface area contributed by atoms with E-state index in [-0.39, 0.29) is 24.5 Å². The third kappa shape index (κ3) is 3.11. The Hall–Kier alpha value is -2.41. The molecule has 1 aliphatic heterocycles. The molecule has 1 fully saturated rings. The number of carbonyl (C=O) groups is 1. The van der Waals surface area contributed by atoms with Crippen molar-refractivity contribution < 1.29 is 18.8 Å². The van der Waals surface area contributed by atoms with Gasteiger partial charge < -0.3 is 18.9 Å². The van der Waals surface area contributed by atoms with Gasteiger partial charge in [-0.1, -0.05) is 11.2 Å². The van der Waals surface area contributed by atoms with Crippen molar-refractivity contribution in [1.82, 2.24) is 15.0 Å². The number of methoxy groups -OCH3 is 1. The highest BCUT2D eigenvalue weighted by Crippen LogP contribution is 2.37. The van der Waals surface area contributed by atoms with E-state index >= 15 is 0 Å². The summed E-state index contributed by atoms with van der Waals surface area (Å²) in [7, 11) is 1.65. The van der Waals surface area contributed by atoms with Crippen LogP contribution in [-0.2, 0) is 22.6 Å². The molecule has 0 N–H and O–H groups in total. The van der Waals surface area contributed by atoms with Crippen LogP contribution in [0.15, 0.2) is 22.7 Å². The number of ether oxygens (including phenoxy) is 2. The van der Waals surface area contributed by atoms with Gasteiger partial charge in [0.05, 0.1) is 19.1 Å². The Balaban J connectivity index is 1.32. The van der Waals surface area contributed by atoms with Crippen LogP contribution in [0.5, 0.6) is 5.75 Å². The Bertz CT molecular complexity index is 782. The van der Waals surface area contributed by atoms with Crippen LogP contribution in [-0.4, -0.2) is 47.3 Å². The average Bonchev–Trinajstić information content (AvgIpc) is 3.18. The first-order chi connectivity index (χ1) is 12.1. The molecule has 2 heterocycles. The fourth-order valence-corrected chi connectivity index (χ4v) is 3.50. The summed E-state index contributed by atoms with van der Waals surface area (Å²) < 4.78 is 16.0. The first-order valence-electron chi connectivity index (χ1n) is 8.50. The second-order valence-electron chi connectivity index (χ2n) is 6.57. The van der Waals surface area contributed by atoms with Gasteiger partial charge in [-0.3, -0.25) is 4.79 Å². The molecule has 1 aliphatic carbocycles. The Morgan fingerprint density at radius 3 is 2.96 bits per heavy atom. The zero-order chi connectivity index (χ0) is 17.4. The average molecular weight is 343 g/mol. The monoisotopic (exact) mass is 343 g/mol. The van der Waals surface area contributed by atoms with E-state index in [1.165, 1.54) is 5.56 Å². The summed E-state index contributed by atoms with van der Waals surface area (Å²) in [5.74, 6) is 1.99. The number of benzene rings is 1. The Morgan fingerprint density at radius 2 is 2.24 bits per heavy atom. The summed E-state index contributed by atoms with van der Waals surface area (Å²) in [5.41, 5.74) is 2.36. The van der Waals surface area contributed by atoms with E-state index in [2.05, 4.69) is 16.2 Å². The number of likely N-dealkylation sites (tertiary alicyclic amines) is 1. The molecular formula is C18H21N3O4. The fourth-order valence-electron chi connectivity index (χ4n) is 3.50. The Morgan fingerprint density at radius 1 is 1.40 bits per heavy atom. The Labute approximate surface area is 145 Å². The van der Waals surface area contributed by atoms with Gasteiger partial charge in [0, 0.05) is 13.1 Å². The highest BCUT2D eigenvalue weighted by Gasteiger charge is 2.38. The number of hydrogen-bond acceptors (Lipinski definition) is 6. The standard InChI is InChI=1S/C18H21N3O4/c1-11-19-17(25-20-11)10-24-14-8-21(9-14)18(22)15-6-4-12-3-5-13(23-2)7-16(12)15/h3,5,7,14-15H,4,6,8-10H2,1-2H3. The summed E-state index contributed by atoms with van der Waals surface area (Å²) >= 11 is 0. The minimum atomic E-state index is -0.0651. The molecule has 1 amide bonds. The summed E-state index contributed by atoms with van der Waals surface area (Å²) in [4.78, 5) is 18.8. The van der Waals surface area contributed by atoms with Gasteiger partial charge in [-0.05, 0) is 43.0 Å². The summed E-state index contributed by atoms with van der Waals surface area (Å²) in [6.07, 6.45) is 1.84. The molecule has 1 unspecified atom stereocenters. The molecule has 2 aromatic rings. The fraction of sp³-hybridized carbons (Fsp3) is 0.500. The van der Waals surface area contributed by atoms with Gasteiger partial charge in [-0.2, -0.15) is 4.98 Å². The predicted octanol–water partition coefficient (Wildman–Crippen LogP) is 1.84. The molecule has 0 spiro atoms. The molecule has 1 aromatic carbocycles. The Kier molecular flexibility index (Phi) is 4.17. The summed E-state index contributed by atoms with van der Waals surface area (Å²) in [6, 6.07) is 6.02. The van der Waals surface area contributed by atoms with Crippen molar-refractivity contribution in [3.8, 4) is 5.75 Å². The molecule has 1 atom stereocenters. The topological polar surface area (TPSA) is 77.7 Å². The van der Waals surface area contributed by atoms with Crippen LogP contribution < -0.4 is 4.74 Å². The van der Waals surface area contributed by atoms with Crippen molar-refractivity contribution >= 4 is 5.91 Å². The zero-order valence-electron chi connectivity index (χ0n) is 14.4. The van der Waals surface area contributed by atoms with Crippen LogP contribution in [0.1, 0.15) is 35.2 Å². The van der Waals surface area contributed by atoms with Crippen molar-refractivity contribution in [3.05, 3.63) is 41.0 Å². The van der Waals surface area contributed by atoms with Gasteiger partial charge in [-0.25, -0.2) is 0 Å². The van der Waals surface area contributed by atoms with Gasteiger partial charge >= 0.3 is 0 Å². The molecule has 7 heteroatoms. The number of fused-ring (bicyclic) bond motifs is 1. The van der Waals surface area contributed by atoms with E-state index in [9.17, 15) is 4.79 Å². The van der Waals surface area contributed by atoms with E-state index in [0.29, 0.717) is 24.8 Å². The smallest absolute Gasteiger partial charge is 0.252 e. The lowest BCUT2D eigenvalue weighted by Gasteiger charge is -2.40. The molecule has 0 saturated carbocycles. The number of amides is 1. The number of hydrogen-bond donors (Lipinski definition) is 0. The van der Waals surface area contributed by atoms with Crippen molar-refractivity contribution in [2.75, 3.05) is 20.2 Å². The highest BCUT2D eigenvalue weighted by atomic mass is 16.5. The highest BCUT2D eigenvalue weighted by molar-refractivity contribution is 5.86. The molecule has 132 valence electrons. The van der Waals surface area contributed by atoms with Crippen molar-refractivity contribution in [1.29, 1.82) is 0 Å². The number of rotatable bonds is 5. The van der Waals surface area contributed by atoms with E-state index < -0.39 is 0 Å². The predicted molar refractivity (Wildman–Crippen MR) is 88.2 cm³/mol. The van der Waals surface area contributed by atoms with Crippen molar-refractivity contribution in [2.45, 2.75) is 38.4 Å². The van der Waals surface area contributed by atoms with Crippen LogP contribution in [0.25, 0.3) is 0 Å². The normalized spacial score (nSPS) is 19.6. The first kappa shape index (κ1) is 16.1. The summed E-state index contributed by atoms with van der Waals surface area (Å²) in [5, 5.41) is 3.73. The van der Waals surface area contributed by atoms with Crippen LogP contribution in [0.4, 0.5) is 0 Å². The van der Waals surface area contributed by atoms with Crippen LogP contribution in [0, 0.1) is 6.92 Å². The first-order valence-corrected chi connectivity index (χ1v) is 8.50. The number of aryl methyl sites for hydroxylation is 2. The third-order valence-corrected chi connectivity index (χ3v) is 4.90. The SMILES string of the molecule is COc1ccc2c(c1)C(C(=O)N1CC(OCc3nc(C)no3)C1)CC2. The van der Waals surface area contributed by atoms with Crippen LogP contribution in [0.3, 0.4) is 0 Å². The van der Waals surface area contributed by atoms with Gasteiger partial charge in [0.2, 0.25) is 5.91 Å². The minimum Gasteiger partial charge on any atom is -0.497 e. The van der Waals surface area contributed by atoms with E-state index in [1.807, 2.05) is 17.0 Å². The number of nitrogens with zero attached hydrogens (tertiary/aromatic N) is 3. The zero-order valence-corrected chi connectivity index (χ0v) is 14.4. The molecule has 25 heavy (non-hydrogen) atoms. The van der Waals surface area contributed by atoms with Gasteiger partial charge in [-0.15, -0.1) is 0 Å². The lowest BCUT2D eigenvalue weighted by molar-refractivity contribution is -0.148. The molecule has 7 nitrogen and oxygen atoms in total. The molecule has 0 bridgehead atoms. The second-order valence-corrected chi connectivity index (χ2v) is 6.57. The number of carbonyl (C=O) groups excluding carboxylic acids is 1. The maximum atomic E-state index is 12.8. The lowest BCUT2D eigenvalue weighted by atomic mass is 9.97. The lowest BCUT2D eigenvalue weighted by Crippen LogP contribution is -2.55. The molecule has 1 aromatic heterocycles. The third-order valence-electron chi connectivity index (χ3n) is 4.90. The minimum absolute atomic E-state index is 0.0299. The van der Waals surface area contributed by atoms with E-state index in [0.717, 1.165) is 24.2 Å². The second kappa shape index (κ2) is 6.48. The van der Waals surface area contributed by atoms with Gasteiger partial charge in [0.25, 0.3) is 5.89 Å². The van der Waals surface area contributed by atoms with E-state index in [4.69, 9.17) is 14.0 Å². The van der Waals surface area contributed by atoms with Crippen LogP contribution in [0.2, 0.25) is 0 Å². The largest absolute Gasteiger partial charge is 0.497 e. The van der Waals surface area contributed by atoms with Crippen LogP contribution >= 0.6 is 0 Å². The maximum absolute atomic E-state index is 12.8.